The van der Waals surface area contributed by atoms with E-state index in [1.54, 1.807) is 6.92 Å². The fourth-order valence-corrected chi connectivity index (χ4v) is 4.52. The zero-order chi connectivity index (χ0) is 16.1. The second kappa shape index (κ2) is 5.24. The number of ether oxygens (including phenoxy) is 2. The Morgan fingerprint density at radius 1 is 1.24 bits per heavy atom. The molecule has 4 nitrogen and oxygen atoms in total. The van der Waals surface area contributed by atoms with Gasteiger partial charge in [-0.3, -0.25) is 4.79 Å². The van der Waals surface area contributed by atoms with Gasteiger partial charge in [0.25, 0.3) is 0 Å². The van der Waals surface area contributed by atoms with Crippen LogP contribution in [0.25, 0.3) is 0 Å². The molecule has 0 aliphatic carbocycles. The third-order valence-corrected chi connectivity index (χ3v) is 6.03. The average Bonchev–Trinajstić information content (AvgIpc) is 2.78. The summed E-state index contributed by atoms with van der Waals surface area (Å²) < 4.78 is 12.4. The van der Waals surface area contributed by atoms with E-state index in [1.807, 2.05) is 0 Å². The van der Waals surface area contributed by atoms with E-state index >= 15 is 0 Å². The van der Waals surface area contributed by atoms with Crippen LogP contribution in [0.4, 0.5) is 0 Å². The van der Waals surface area contributed by atoms with Gasteiger partial charge in [-0.15, -0.1) is 0 Å². The van der Waals surface area contributed by atoms with Gasteiger partial charge in [-0.05, 0) is 33.6 Å². The molecule has 1 amide bonds. The summed E-state index contributed by atoms with van der Waals surface area (Å²) in [4.78, 5) is 14.5. The van der Waals surface area contributed by atoms with Crippen molar-refractivity contribution in [3.8, 4) is 0 Å². The van der Waals surface area contributed by atoms with Crippen molar-refractivity contribution < 1.29 is 14.3 Å². The molecule has 0 aromatic rings. The smallest absolute Gasteiger partial charge is 0.220 e. The molecule has 0 bridgehead atoms. The highest BCUT2D eigenvalue weighted by atomic mass is 16.7. The summed E-state index contributed by atoms with van der Waals surface area (Å²) in [5, 5.41) is 0. The van der Waals surface area contributed by atoms with Gasteiger partial charge >= 0.3 is 0 Å². The standard InChI is InChI=1S/C17H31NO3/c1-8-15(6)11-17(20-10-12(3)21-17)13(4)16(7,9-2)18(15)14(5)19/h12-13H,8-11H2,1-7H3. The average molecular weight is 297 g/mol. The number of amides is 1. The van der Waals surface area contributed by atoms with Gasteiger partial charge in [0.2, 0.25) is 5.91 Å². The van der Waals surface area contributed by atoms with E-state index in [0.717, 1.165) is 19.3 Å². The lowest BCUT2D eigenvalue weighted by Crippen LogP contribution is -2.72. The van der Waals surface area contributed by atoms with Gasteiger partial charge in [-0.2, -0.15) is 0 Å². The first-order valence-corrected chi connectivity index (χ1v) is 8.28. The molecule has 2 fully saturated rings. The number of rotatable bonds is 2. The molecule has 2 aliphatic rings. The molecule has 0 N–H and O–H groups in total. The van der Waals surface area contributed by atoms with Crippen molar-refractivity contribution in [1.29, 1.82) is 0 Å². The molecule has 2 saturated heterocycles. The Bertz CT molecular complexity index is 426. The number of carbonyl (C=O) groups excluding carboxylic acids is 1. The van der Waals surface area contributed by atoms with Gasteiger partial charge in [0, 0.05) is 30.3 Å². The molecule has 2 heterocycles. The zero-order valence-electron chi connectivity index (χ0n) is 14.7. The van der Waals surface area contributed by atoms with Crippen LogP contribution < -0.4 is 0 Å². The van der Waals surface area contributed by atoms with Crippen LogP contribution >= 0.6 is 0 Å². The van der Waals surface area contributed by atoms with Crippen LogP contribution in [0.1, 0.15) is 67.7 Å². The molecule has 0 aromatic heterocycles. The Morgan fingerprint density at radius 2 is 1.86 bits per heavy atom. The lowest BCUT2D eigenvalue weighted by atomic mass is 9.66. The predicted molar refractivity (Wildman–Crippen MR) is 82.9 cm³/mol. The highest BCUT2D eigenvalue weighted by molar-refractivity contribution is 5.75. The van der Waals surface area contributed by atoms with E-state index in [0.29, 0.717) is 6.61 Å². The van der Waals surface area contributed by atoms with Crippen LogP contribution in [0.3, 0.4) is 0 Å². The summed E-state index contributed by atoms with van der Waals surface area (Å²) in [5.74, 6) is -0.263. The first-order chi connectivity index (χ1) is 9.65. The number of carbonyl (C=O) groups is 1. The second-order valence-electron chi connectivity index (χ2n) is 7.37. The first kappa shape index (κ1) is 16.8. The highest BCUT2D eigenvalue weighted by Crippen LogP contribution is 2.53. The van der Waals surface area contributed by atoms with Crippen molar-refractivity contribution in [2.75, 3.05) is 6.61 Å². The van der Waals surface area contributed by atoms with E-state index in [-0.39, 0.29) is 29.0 Å². The Labute approximate surface area is 129 Å². The fraction of sp³-hybridized carbons (Fsp3) is 0.941. The largest absolute Gasteiger partial charge is 0.347 e. The van der Waals surface area contributed by atoms with Crippen molar-refractivity contribution in [3.05, 3.63) is 0 Å². The molecule has 0 saturated carbocycles. The van der Waals surface area contributed by atoms with Gasteiger partial charge in [-0.25, -0.2) is 0 Å². The Hall–Kier alpha value is -0.610. The Morgan fingerprint density at radius 3 is 2.24 bits per heavy atom. The first-order valence-electron chi connectivity index (χ1n) is 8.28. The zero-order valence-corrected chi connectivity index (χ0v) is 14.7. The maximum atomic E-state index is 12.4. The number of hydrogen-bond acceptors (Lipinski definition) is 3. The van der Waals surface area contributed by atoms with Crippen LogP contribution in [0.5, 0.6) is 0 Å². The quantitative estimate of drug-likeness (QED) is 0.784. The molecule has 4 heteroatoms. The number of hydrogen-bond donors (Lipinski definition) is 0. The highest BCUT2D eigenvalue weighted by Gasteiger charge is 2.63. The molecule has 1 spiro atoms. The van der Waals surface area contributed by atoms with E-state index in [9.17, 15) is 4.79 Å². The molecule has 5 unspecified atom stereocenters. The van der Waals surface area contributed by atoms with Crippen molar-refractivity contribution in [1.82, 2.24) is 4.90 Å². The maximum Gasteiger partial charge on any atom is 0.220 e. The van der Waals surface area contributed by atoms with Crippen LogP contribution in [0.2, 0.25) is 0 Å². The predicted octanol–water partition coefficient (Wildman–Crippen LogP) is 3.34. The van der Waals surface area contributed by atoms with E-state index < -0.39 is 5.79 Å². The minimum Gasteiger partial charge on any atom is -0.347 e. The minimum atomic E-state index is -0.555. The van der Waals surface area contributed by atoms with Crippen molar-refractivity contribution in [3.63, 3.8) is 0 Å². The number of nitrogens with zero attached hydrogens (tertiary/aromatic N) is 1. The normalized spacial score (nSPS) is 47.1. The summed E-state index contributed by atoms with van der Waals surface area (Å²) in [7, 11) is 0. The molecular formula is C17H31NO3. The molecule has 2 aliphatic heterocycles. The van der Waals surface area contributed by atoms with Gasteiger partial charge in [0.1, 0.15) is 0 Å². The second-order valence-corrected chi connectivity index (χ2v) is 7.37. The van der Waals surface area contributed by atoms with Crippen molar-refractivity contribution in [2.45, 2.75) is 90.7 Å². The van der Waals surface area contributed by atoms with Crippen molar-refractivity contribution >= 4 is 5.91 Å². The number of likely N-dealkylation sites (tertiary alicyclic amines) is 1. The topological polar surface area (TPSA) is 38.8 Å². The molecule has 0 aromatic carbocycles. The number of piperidine rings is 1. The van der Waals surface area contributed by atoms with Crippen LogP contribution in [0, 0.1) is 5.92 Å². The SMILES string of the molecule is CCC1(C)CC2(OCC(C)O2)C(C)C(C)(CC)N1C(C)=O. The van der Waals surface area contributed by atoms with E-state index in [1.165, 1.54) is 0 Å². The van der Waals surface area contributed by atoms with Gasteiger partial charge in [-0.1, -0.05) is 20.8 Å². The van der Waals surface area contributed by atoms with Crippen molar-refractivity contribution in [2.24, 2.45) is 5.92 Å². The summed E-state index contributed by atoms with van der Waals surface area (Å²) in [6.45, 7) is 15.2. The van der Waals surface area contributed by atoms with E-state index in [4.69, 9.17) is 9.47 Å². The van der Waals surface area contributed by atoms with Crippen LogP contribution in [-0.4, -0.2) is 40.4 Å². The molecular weight excluding hydrogens is 266 g/mol. The molecule has 21 heavy (non-hydrogen) atoms. The lowest BCUT2D eigenvalue weighted by molar-refractivity contribution is -0.280. The third kappa shape index (κ3) is 2.31. The lowest BCUT2D eigenvalue weighted by Gasteiger charge is -2.62. The minimum absolute atomic E-state index is 0.124. The summed E-state index contributed by atoms with van der Waals surface area (Å²) >= 11 is 0. The van der Waals surface area contributed by atoms with Crippen LogP contribution in [0.15, 0.2) is 0 Å². The Balaban J connectivity index is 2.52. The summed E-state index contributed by atoms with van der Waals surface area (Å²) in [5.41, 5.74) is -0.480. The monoisotopic (exact) mass is 297 g/mol. The van der Waals surface area contributed by atoms with E-state index in [2.05, 4.69) is 46.4 Å². The molecule has 2 rings (SSSR count). The summed E-state index contributed by atoms with van der Waals surface area (Å²) in [6, 6.07) is 0. The Kier molecular flexibility index (Phi) is 4.18. The maximum absolute atomic E-state index is 12.4. The van der Waals surface area contributed by atoms with Gasteiger partial charge in [0.05, 0.1) is 12.7 Å². The molecule has 5 atom stereocenters. The van der Waals surface area contributed by atoms with Crippen LogP contribution in [-0.2, 0) is 14.3 Å². The van der Waals surface area contributed by atoms with Gasteiger partial charge in [0.15, 0.2) is 5.79 Å². The van der Waals surface area contributed by atoms with Gasteiger partial charge < -0.3 is 14.4 Å². The molecule has 0 radical (unpaired) electrons. The fourth-order valence-electron chi connectivity index (χ4n) is 4.52. The third-order valence-electron chi connectivity index (χ3n) is 6.03. The summed E-state index contributed by atoms with van der Waals surface area (Å²) in [6.07, 6.45) is 2.67. The molecule has 122 valence electrons.